The van der Waals surface area contributed by atoms with Crippen molar-refractivity contribution in [3.8, 4) is 23.5 Å². The number of hydrogen-bond donors (Lipinski definition) is 2. The Balaban J connectivity index is 0.000000603. The van der Waals surface area contributed by atoms with Crippen molar-refractivity contribution >= 4 is 94.3 Å². The van der Waals surface area contributed by atoms with Gasteiger partial charge in [-0.15, -0.1) is 47.3 Å². The Morgan fingerprint density at radius 2 is 1.14 bits per heavy atom. The number of carbonyl (C=O) groups is 1. The summed E-state index contributed by atoms with van der Waals surface area (Å²) in [5.74, 6) is 1.26. The van der Waals surface area contributed by atoms with E-state index in [1.165, 1.54) is 74.6 Å². The molecule has 0 radical (unpaired) electrons. The number of nitrogens with zero attached hydrogens (tertiary/aromatic N) is 11. The summed E-state index contributed by atoms with van der Waals surface area (Å²) in [4.78, 5) is 57.9. The Morgan fingerprint density at radius 1 is 0.692 bits per heavy atom. The van der Waals surface area contributed by atoms with Gasteiger partial charge in [-0.25, -0.2) is 49.6 Å². The second-order valence-electron chi connectivity index (χ2n) is 23.8. The van der Waals surface area contributed by atoms with E-state index in [0.29, 0.717) is 41.6 Å². The Bertz CT molecular complexity index is 3220. The molecule has 5 aliphatic heterocycles. The summed E-state index contributed by atoms with van der Waals surface area (Å²) in [6, 6.07) is 0.747. The molecule has 4 saturated heterocycles. The molecule has 11 rings (SSSR count). The van der Waals surface area contributed by atoms with Crippen molar-refractivity contribution in [1.82, 2.24) is 54.9 Å². The maximum Gasteiger partial charge on any atom is 1.00 e. The molecule has 5 aromatic rings. The molecule has 0 unspecified atom stereocenters. The molecule has 1 saturated carbocycles. The van der Waals surface area contributed by atoms with Crippen molar-refractivity contribution in [2.24, 2.45) is 5.92 Å². The molecule has 5 aromatic heterocycles. The van der Waals surface area contributed by atoms with E-state index in [4.69, 9.17) is 61.6 Å². The van der Waals surface area contributed by atoms with Crippen LogP contribution < -0.4 is 43.4 Å². The maximum atomic E-state index is 11.3. The Kier molecular flexibility index (Phi) is 48.8. The van der Waals surface area contributed by atoms with Crippen LogP contribution in [0.4, 0.5) is 0 Å². The van der Waals surface area contributed by atoms with E-state index in [0.717, 1.165) is 64.6 Å². The minimum Gasteiger partial charge on any atom is -0.624 e. The van der Waals surface area contributed by atoms with Gasteiger partial charge < -0.3 is 83.9 Å². The first-order valence-corrected chi connectivity index (χ1v) is 37.9. The van der Waals surface area contributed by atoms with Gasteiger partial charge in [-0.1, -0.05) is 40.5 Å². The number of allylic oxidation sites excluding steroid dienone is 1. The van der Waals surface area contributed by atoms with E-state index in [1.807, 2.05) is 89.3 Å². The zero-order valence-electron chi connectivity index (χ0n) is 63.4. The molecule has 0 bridgehead atoms. The third-order valence-electron chi connectivity index (χ3n) is 15.1. The molecular formula is C68H105BBr5LiN12O17. The van der Waals surface area contributed by atoms with Gasteiger partial charge in [0, 0.05) is 74.2 Å². The van der Waals surface area contributed by atoms with Gasteiger partial charge in [-0.3, -0.25) is 9.59 Å². The maximum absolute atomic E-state index is 11.3. The summed E-state index contributed by atoms with van der Waals surface area (Å²) in [5, 5.41) is 23.2. The number of halogens is 5. The number of hydroxylamine groups is 3. The van der Waals surface area contributed by atoms with Crippen LogP contribution in [0.25, 0.3) is 0 Å². The van der Waals surface area contributed by atoms with Crippen molar-refractivity contribution in [2.45, 2.75) is 227 Å². The topological polar surface area (TPSA) is 335 Å². The molecule has 29 nitrogen and oxygen atoms in total. The summed E-state index contributed by atoms with van der Waals surface area (Å²) in [7, 11) is 6.32. The molecule has 0 amide bonds. The molecule has 0 aromatic carbocycles. The molecule has 104 heavy (non-hydrogen) atoms. The first-order valence-electron chi connectivity index (χ1n) is 33.6. The van der Waals surface area contributed by atoms with Crippen LogP contribution in [-0.4, -0.2) is 201 Å². The van der Waals surface area contributed by atoms with E-state index in [9.17, 15) is 20.0 Å². The van der Waals surface area contributed by atoms with E-state index >= 15 is 0 Å². The van der Waals surface area contributed by atoms with Gasteiger partial charge in [0.2, 0.25) is 23.5 Å². The third kappa shape index (κ3) is 34.1. The van der Waals surface area contributed by atoms with Gasteiger partial charge in [0.1, 0.15) is 37.5 Å². The quantitative estimate of drug-likeness (QED) is 0.0166. The second kappa shape index (κ2) is 52.0. The summed E-state index contributed by atoms with van der Waals surface area (Å²) in [6.45, 7) is 34.6. The van der Waals surface area contributed by atoms with E-state index < -0.39 is 23.4 Å². The second-order valence-corrected chi connectivity index (χ2v) is 31.9. The monoisotopic (exact) mass is 1770 g/mol. The molecule has 578 valence electrons. The predicted molar refractivity (Wildman–Crippen MR) is 408 cm³/mol. The van der Waals surface area contributed by atoms with Crippen LogP contribution in [0, 0.1) is 18.0 Å². The normalized spacial score (nSPS) is 23.3. The van der Waals surface area contributed by atoms with Crippen LogP contribution in [0.3, 0.4) is 0 Å². The minimum absolute atomic E-state index is 0. The van der Waals surface area contributed by atoms with Gasteiger partial charge in [-0.2, -0.15) is 11.5 Å². The number of unbranched alkanes of at least 4 members (excludes halogenated alkanes) is 1. The van der Waals surface area contributed by atoms with E-state index in [-0.39, 0.29) is 94.3 Å². The molecule has 11 atom stereocenters. The number of fused-ring (bicyclic) bond motifs is 3. The number of aromatic nitrogens is 10. The van der Waals surface area contributed by atoms with Crippen LogP contribution in [0.2, 0.25) is 0 Å². The standard InChI is InChI=1S/C15H22N2O3.C14H21N3O4.C9H15NO3.C6H14O2.C6H10O2.2C5H5BrN2O.C4H4N2O.C4H9.BBr3.Li/c1-5-9-6-10(11-7-16-8-17-14(11)18-4)13-12(9)19-15(2,3)20-13;1-5-9-11-12(21-14(2,3)20-11)10(17(9)18)8-6-15-7-16-13(8)19-4;1-4-6-8-7(5-10(6)11)12-9(2,3)13-8;1-4-7-6(3)8-5-2;1-3-8-5-4-6(2)7;2*1-9-5-4(6)2-7-3-8-5;7-4-1-2-5-3-6-4;1-3-4-2;2-1(3)4;/h7-10,12-13H,5-6H2,1-4H3;6-7,9-12,18H,5H2,1-4H3;5-8H,4H2,1-3H3;6H,4-5H2,1-3H3;4-5H,3H2,1-2H3;2*2-3H,1H3;1-3H,(H,5,6,7);1,3-4H2,2H3;;/q;;;;;;;;-1;;+1/b;;;;5-4+;;;;;;/t9-,10-,12+,13-;9-,10+,11-,12+;6-,7+,8-;;;;;;;;/m011......../s1. The molecular weight excluding hydrogens is 1670 g/mol. The fourth-order valence-electron chi connectivity index (χ4n) is 10.9. The first-order chi connectivity index (χ1) is 48.9. The molecule has 5 fully saturated rings. The van der Waals surface area contributed by atoms with Crippen LogP contribution in [-0.2, 0) is 47.4 Å². The smallest absolute Gasteiger partial charge is 0.624 e. The zero-order valence-corrected chi connectivity index (χ0v) is 71.4. The average molecular weight is 1780 g/mol. The average Bonchev–Trinajstić information content (AvgIpc) is 1.60. The first kappa shape index (κ1) is 97.8. The summed E-state index contributed by atoms with van der Waals surface area (Å²) < 4.78 is 73.4. The van der Waals surface area contributed by atoms with E-state index in [1.54, 1.807) is 53.2 Å². The van der Waals surface area contributed by atoms with Crippen LogP contribution >= 0.6 is 79.1 Å². The minimum atomic E-state index is -0.662. The third-order valence-corrected chi connectivity index (χ3v) is 16.2. The van der Waals surface area contributed by atoms with E-state index in [2.05, 4.69) is 150 Å². The fraction of sp³-hybridized carbons (Fsp3) is 0.632. The largest absolute Gasteiger partial charge is 1.00 e. The summed E-state index contributed by atoms with van der Waals surface area (Å²) >= 11 is 15.7. The van der Waals surface area contributed by atoms with Crippen molar-refractivity contribution < 1.29 is 95.2 Å². The van der Waals surface area contributed by atoms with Crippen LogP contribution in [0.1, 0.15) is 165 Å². The number of nitrogens with one attached hydrogen (secondary N) is 1. The van der Waals surface area contributed by atoms with Gasteiger partial charge >= 0.3 is 22.0 Å². The van der Waals surface area contributed by atoms with Gasteiger partial charge in [0.05, 0.1) is 86.4 Å². The van der Waals surface area contributed by atoms with Crippen molar-refractivity contribution in [3.63, 3.8) is 0 Å². The van der Waals surface area contributed by atoms with Crippen molar-refractivity contribution in [2.75, 3.05) is 48.3 Å². The number of hydrogen-bond acceptors (Lipinski definition) is 27. The number of ketones is 1. The Morgan fingerprint density at radius 3 is 1.55 bits per heavy atom. The number of H-pyrrole nitrogens is 1. The van der Waals surface area contributed by atoms with Crippen LogP contribution in [0.15, 0.2) is 94.8 Å². The number of ether oxygens (including phenoxy) is 13. The Hall–Kier alpha value is -4.26. The number of aromatic amines is 1. The van der Waals surface area contributed by atoms with Crippen molar-refractivity contribution in [1.29, 1.82) is 0 Å². The van der Waals surface area contributed by atoms with Crippen LogP contribution in [0.5, 0.6) is 23.5 Å². The number of rotatable bonds is 17. The SMILES string of the molecule is BrB(Br)Br.CCO/C=C/C(C)=O.CCOC(C)OCC.CC[C@@H]1[C@H]2OC(C)(C)O[C@H]2C=[N+]1[O-].CC[C@@H]1[C@H]2OC(C)(C)O[C@H]2[C@H](c2cncnc2OC)N1O.CC[C@H]1C[C@@H](c2cncnc2OC)[C@@H]2OC(C)(C)O[C@H]12.COc1ncncc1Br.COc1ncncc1Br.O=c1ccnc[nH]1.[CH2-]CCC.[Li+]. The van der Waals surface area contributed by atoms with Gasteiger partial charge in [-0.05, 0) is 127 Å². The predicted octanol–water partition coefficient (Wildman–Crippen LogP) is 10.5. The molecule has 2 N–H and O–H groups in total. The summed E-state index contributed by atoms with van der Waals surface area (Å²) in [5.41, 5.74) is 1.62. The fourth-order valence-corrected chi connectivity index (χ4v) is 11.6. The van der Waals surface area contributed by atoms with Crippen molar-refractivity contribution in [3.05, 3.63) is 124 Å². The molecule has 0 spiro atoms. The summed E-state index contributed by atoms with van der Waals surface area (Å²) in [6.07, 6.45) is 25.2. The van der Waals surface area contributed by atoms with Gasteiger partial charge in [0.15, 0.2) is 53.9 Å². The van der Waals surface area contributed by atoms with Gasteiger partial charge in [0.25, 0.3) is 5.56 Å². The molecule has 36 heteroatoms. The number of methoxy groups -OCH3 is 4. The molecule has 10 heterocycles. The molecule has 1 aliphatic carbocycles. The Labute approximate surface area is 667 Å². The molecule has 6 aliphatic rings. The number of carbonyl (C=O) groups excluding carboxylic acids is 1. The zero-order chi connectivity index (χ0) is 77.5.